The van der Waals surface area contributed by atoms with Gasteiger partial charge in [0.25, 0.3) is 5.56 Å². The number of nitrogens with one attached hydrogen (secondary N) is 1. The zero-order valence-electron chi connectivity index (χ0n) is 8.07. The highest BCUT2D eigenvalue weighted by molar-refractivity contribution is 5.57. The molecule has 0 fully saturated rings. The van der Waals surface area contributed by atoms with Gasteiger partial charge >= 0.3 is 0 Å². The number of hydrogen-bond acceptors (Lipinski definition) is 3. The summed E-state index contributed by atoms with van der Waals surface area (Å²) in [6, 6.07) is 6.88. The molecule has 0 aliphatic carbocycles. The van der Waals surface area contributed by atoms with Gasteiger partial charge in [0.1, 0.15) is 17.4 Å². The summed E-state index contributed by atoms with van der Waals surface area (Å²) < 4.78 is 5.18. The number of aromatic amines is 1. The van der Waals surface area contributed by atoms with Crippen molar-refractivity contribution in [1.82, 2.24) is 4.98 Å². The van der Waals surface area contributed by atoms with Crippen LogP contribution < -0.4 is 5.56 Å². The molecular weight excluding hydrogens is 192 g/mol. The highest BCUT2D eigenvalue weighted by Crippen LogP contribution is 2.19. The fraction of sp³-hybridized carbons (Fsp3) is 0.0909. The molecule has 0 bridgehead atoms. The van der Waals surface area contributed by atoms with Crippen molar-refractivity contribution in [2.24, 2.45) is 0 Å². The Labute approximate surface area is 85.8 Å². The van der Waals surface area contributed by atoms with Gasteiger partial charge in [0.15, 0.2) is 0 Å². The van der Waals surface area contributed by atoms with Crippen LogP contribution in [-0.4, -0.2) is 4.98 Å². The zero-order chi connectivity index (χ0) is 10.8. The van der Waals surface area contributed by atoms with Crippen LogP contribution in [0.1, 0.15) is 11.1 Å². The van der Waals surface area contributed by atoms with E-state index >= 15 is 0 Å². The Balaban J connectivity index is 2.67. The molecule has 0 spiro atoms. The van der Waals surface area contributed by atoms with E-state index in [1.54, 1.807) is 18.2 Å². The van der Waals surface area contributed by atoms with Gasteiger partial charge < -0.3 is 9.40 Å². The fourth-order valence-electron chi connectivity index (χ4n) is 1.39. The first-order valence-electron chi connectivity index (χ1n) is 4.40. The summed E-state index contributed by atoms with van der Waals surface area (Å²) in [6.07, 6.45) is 1.53. The molecule has 0 radical (unpaired) electrons. The Morgan fingerprint density at radius 2 is 2.33 bits per heavy atom. The number of rotatable bonds is 1. The molecular formula is C11H8N2O2. The smallest absolute Gasteiger partial charge is 0.266 e. The van der Waals surface area contributed by atoms with Crippen LogP contribution in [0.15, 0.2) is 33.7 Å². The molecule has 15 heavy (non-hydrogen) atoms. The lowest BCUT2D eigenvalue weighted by Gasteiger charge is -2.01. The molecule has 0 aliphatic rings. The number of pyridine rings is 1. The number of H-pyrrole nitrogens is 1. The number of nitriles is 1. The van der Waals surface area contributed by atoms with Crippen molar-refractivity contribution in [3.05, 3.63) is 45.9 Å². The van der Waals surface area contributed by atoms with Gasteiger partial charge in [-0.3, -0.25) is 4.79 Å². The molecule has 4 nitrogen and oxygen atoms in total. The van der Waals surface area contributed by atoms with E-state index < -0.39 is 5.56 Å². The normalized spacial score (nSPS) is 9.87. The molecule has 2 rings (SSSR count). The molecule has 0 unspecified atom stereocenters. The predicted octanol–water partition coefficient (Wildman–Crippen LogP) is 1.81. The molecule has 0 aromatic carbocycles. The average molecular weight is 200 g/mol. The van der Waals surface area contributed by atoms with E-state index in [9.17, 15) is 4.79 Å². The number of aromatic nitrogens is 1. The summed E-state index contributed by atoms with van der Waals surface area (Å²) in [5, 5.41) is 8.67. The van der Waals surface area contributed by atoms with Crippen LogP contribution >= 0.6 is 0 Å². The molecule has 0 amide bonds. The van der Waals surface area contributed by atoms with Crippen LogP contribution in [0.25, 0.3) is 11.5 Å². The minimum atomic E-state index is -0.394. The summed E-state index contributed by atoms with van der Waals surface area (Å²) in [4.78, 5) is 14.0. The maximum absolute atomic E-state index is 11.4. The Kier molecular flexibility index (Phi) is 2.14. The number of aryl methyl sites for hydroxylation is 1. The maximum atomic E-state index is 11.4. The highest BCUT2D eigenvalue weighted by atomic mass is 16.3. The molecule has 2 aromatic heterocycles. The van der Waals surface area contributed by atoms with Crippen molar-refractivity contribution >= 4 is 0 Å². The molecule has 2 heterocycles. The third-order valence-corrected chi connectivity index (χ3v) is 2.13. The van der Waals surface area contributed by atoms with Crippen LogP contribution in [0.3, 0.4) is 0 Å². The van der Waals surface area contributed by atoms with E-state index in [-0.39, 0.29) is 5.56 Å². The first kappa shape index (κ1) is 9.28. The zero-order valence-corrected chi connectivity index (χ0v) is 8.07. The monoisotopic (exact) mass is 200 g/mol. The van der Waals surface area contributed by atoms with Crippen LogP contribution in [0.4, 0.5) is 0 Å². The number of furan rings is 1. The lowest BCUT2D eigenvalue weighted by molar-refractivity contribution is 0.579. The van der Waals surface area contributed by atoms with Gasteiger partial charge in [0.2, 0.25) is 0 Å². The van der Waals surface area contributed by atoms with E-state index in [4.69, 9.17) is 9.68 Å². The maximum Gasteiger partial charge on any atom is 0.266 e. The second-order valence-electron chi connectivity index (χ2n) is 3.16. The van der Waals surface area contributed by atoms with E-state index in [0.717, 1.165) is 5.56 Å². The van der Waals surface area contributed by atoms with Crippen LogP contribution in [0.5, 0.6) is 0 Å². The first-order chi connectivity index (χ1) is 7.22. The van der Waals surface area contributed by atoms with Crippen LogP contribution in [0, 0.1) is 18.3 Å². The largest absolute Gasteiger partial charge is 0.463 e. The van der Waals surface area contributed by atoms with Crippen molar-refractivity contribution in [2.75, 3.05) is 0 Å². The summed E-state index contributed by atoms with van der Waals surface area (Å²) in [5.41, 5.74) is 1.14. The number of nitrogens with zero attached hydrogens (tertiary/aromatic N) is 1. The van der Waals surface area contributed by atoms with Crippen molar-refractivity contribution in [3.8, 4) is 17.5 Å². The SMILES string of the molecule is Cc1cc(C#N)c(=O)[nH]c1-c1ccco1. The summed E-state index contributed by atoms with van der Waals surface area (Å²) in [5.74, 6) is 0.592. The van der Waals surface area contributed by atoms with Crippen molar-refractivity contribution in [3.63, 3.8) is 0 Å². The van der Waals surface area contributed by atoms with Gasteiger partial charge in [-0.25, -0.2) is 0 Å². The second kappa shape index (κ2) is 3.46. The van der Waals surface area contributed by atoms with Gasteiger partial charge in [-0.1, -0.05) is 0 Å². The summed E-state index contributed by atoms with van der Waals surface area (Å²) >= 11 is 0. The van der Waals surface area contributed by atoms with Gasteiger partial charge in [-0.15, -0.1) is 0 Å². The second-order valence-corrected chi connectivity index (χ2v) is 3.16. The molecule has 74 valence electrons. The standard InChI is InChI=1S/C11H8N2O2/c1-7-5-8(6-12)11(14)13-10(7)9-3-2-4-15-9/h2-5H,1H3,(H,13,14). The predicted molar refractivity (Wildman–Crippen MR) is 54.2 cm³/mol. The third-order valence-electron chi connectivity index (χ3n) is 2.13. The quantitative estimate of drug-likeness (QED) is 0.763. The molecule has 0 aliphatic heterocycles. The lowest BCUT2D eigenvalue weighted by atomic mass is 10.1. The topological polar surface area (TPSA) is 69.8 Å². The lowest BCUT2D eigenvalue weighted by Crippen LogP contribution is -2.11. The first-order valence-corrected chi connectivity index (χ1v) is 4.40. The summed E-state index contributed by atoms with van der Waals surface area (Å²) in [7, 11) is 0. The summed E-state index contributed by atoms with van der Waals surface area (Å²) in [6.45, 7) is 1.81. The highest BCUT2D eigenvalue weighted by Gasteiger charge is 2.08. The fourth-order valence-corrected chi connectivity index (χ4v) is 1.39. The Morgan fingerprint density at radius 1 is 1.53 bits per heavy atom. The molecule has 2 aromatic rings. The van der Waals surface area contributed by atoms with Crippen LogP contribution in [0.2, 0.25) is 0 Å². The van der Waals surface area contributed by atoms with E-state index in [0.29, 0.717) is 11.5 Å². The van der Waals surface area contributed by atoms with Crippen molar-refractivity contribution in [1.29, 1.82) is 5.26 Å². The number of hydrogen-bond donors (Lipinski definition) is 1. The van der Waals surface area contributed by atoms with Crippen LogP contribution in [-0.2, 0) is 0 Å². The van der Waals surface area contributed by atoms with E-state index in [1.165, 1.54) is 6.26 Å². The van der Waals surface area contributed by atoms with E-state index in [2.05, 4.69) is 4.98 Å². The van der Waals surface area contributed by atoms with Crippen molar-refractivity contribution in [2.45, 2.75) is 6.92 Å². The Hall–Kier alpha value is -2.28. The van der Waals surface area contributed by atoms with Gasteiger partial charge in [0, 0.05) is 0 Å². The molecule has 4 heteroatoms. The van der Waals surface area contributed by atoms with Crippen molar-refractivity contribution < 1.29 is 4.42 Å². The Morgan fingerprint density at radius 3 is 2.93 bits per heavy atom. The Bertz CT molecular complexity index is 574. The van der Waals surface area contributed by atoms with Gasteiger partial charge in [0.05, 0.1) is 12.0 Å². The minimum absolute atomic E-state index is 0.114. The molecule has 0 atom stereocenters. The van der Waals surface area contributed by atoms with Gasteiger partial charge in [-0.05, 0) is 30.7 Å². The molecule has 0 saturated heterocycles. The molecule has 0 saturated carbocycles. The van der Waals surface area contributed by atoms with E-state index in [1.807, 2.05) is 13.0 Å². The third kappa shape index (κ3) is 1.55. The molecule has 1 N–H and O–H groups in total. The van der Waals surface area contributed by atoms with Gasteiger partial charge in [-0.2, -0.15) is 5.26 Å². The minimum Gasteiger partial charge on any atom is -0.463 e. The average Bonchev–Trinajstić information content (AvgIpc) is 2.74.